The molecular weight excluding hydrogens is 325 g/mol. The van der Waals surface area contributed by atoms with Crippen molar-refractivity contribution in [1.29, 1.82) is 0 Å². The second-order valence-electron chi connectivity index (χ2n) is 5.42. The molecule has 0 saturated heterocycles. The number of hydrogen-bond donors (Lipinski definition) is 1. The van der Waals surface area contributed by atoms with Crippen LogP contribution in [-0.2, 0) is 20.7 Å². The van der Waals surface area contributed by atoms with E-state index in [9.17, 15) is 14.0 Å². The minimum absolute atomic E-state index is 0.217. The summed E-state index contributed by atoms with van der Waals surface area (Å²) in [4.78, 5) is 23.6. The lowest BCUT2D eigenvalue weighted by Crippen LogP contribution is -2.24. The molecule has 0 unspecified atom stereocenters. The van der Waals surface area contributed by atoms with Gasteiger partial charge in [-0.2, -0.15) is 0 Å². The number of amides is 1. The predicted octanol–water partition coefficient (Wildman–Crippen LogP) is 3.26. The van der Waals surface area contributed by atoms with Gasteiger partial charge in [0.25, 0.3) is 5.91 Å². The highest BCUT2D eigenvalue weighted by atomic mass is 19.1. The van der Waals surface area contributed by atoms with Gasteiger partial charge in [0.1, 0.15) is 11.6 Å². The second-order valence-corrected chi connectivity index (χ2v) is 5.42. The van der Waals surface area contributed by atoms with Crippen molar-refractivity contribution in [1.82, 2.24) is 0 Å². The number of nitrogens with one attached hydrogen (secondary N) is 1. The van der Waals surface area contributed by atoms with Crippen molar-refractivity contribution >= 4 is 17.6 Å². The first-order chi connectivity index (χ1) is 12.0. The van der Waals surface area contributed by atoms with E-state index < -0.39 is 30.9 Å². The normalized spacial score (nSPS) is 10.2. The molecule has 0 spiro atoms. The summed E-state index contributed by atoms with van der Waals surface area (Å²) < 4.78 is 23.0. The van der Waals surface area contributed by atoms with Gasteiger partial charge in [-0.15, -0.1) is 0 Å². The third-order valence-electron chi connectivity index (χ3n) is 3.52. The largest absolute Gasteiger partial charge is 0.482 e. The fourth-order valence-electron chi connectivity index (χ4n) is 2.26. The van der Waals surface area contributed by atoms with Crippen LogP contribution in [0.4, 0.5) is 10.1 Å². The zero-order chi connectivity index (χ0) is 18.2. The number of benzene rings is 2. The molecule has 6 heteroatoms. The molecule has 0 bridgehead atoms. The summed E-state index contributed by atoms with van der Waals surface area (Å²) in [5.41, 5.74) is 2.68. The Morgan fingerprint density at radius 3 is 2.60 bits per heavy atom. The monoisotopic (exact) mass is 345 g/mol. The molecule has 0 aliphatic carbocycles. The quantitative estimate of drug-likeness (QED) is 0.783. The van der Waals surface area contributed by atoms with Crippen LogP contribution in [0.2, 0.25) is 0 Å². The molecule has 1 N–H and O–H groups in total. The Morgan fingerprint density at radius 2 is 1.88 bits per heavy atom. The average Bonchev–Trinajstić information content (AvgIpc) is 2.60. The van der Waals surface area contributed by atoms with Crippen LogP contribution in [0.15, 0.2) is 42.5 Å². The molecule has 25 heavy (non-hydrogen) atoms. The van der Waals surface area contributed by atoms with Crippen LogP contribution in [0, 0.1) is 12.7 Å². The molecule has 2 rings (SSSR count). The van der Waals surface area contributed by atoms with E-state index in [0.717, 1.165) is 29.3 Å². The van der Waals surface area contributed by atoms with Crippen molar-refractivity contribution in [3.63, 3.8) is 0 Å². The summed E-state index contributed by atoms with van der Waals surface area (Å²) in [6.07, 6.45) is 0.776. The van der Waals surface area contributed by atoms with Crippen LogP contribution >= 0.6 is 0 Å². The van der Waals surface area contributed by atoms with Gasteiger partial charge < -0.3 is 14.8 Å². The van der Waals surface area contributed by atoms with Crippen LogP contribution in [-0.4, -0.2) is 25.1 Å². The smallest absolute Gasteiger partial charge is 0.344 e. The topological polar surface area (TPSA) is 64.6 Å². The molecule has 0 atom stereocenters. The predicted molar refractivity (Wildman–Crippen MR) is 92.0 cm³/mol. The molecule has 5 nitrogen and oxygen atoms in total. The van der Waals surface area contributed by atoms with E-state index in [4.69, 9.17) is 9.47 Å². The van der Waals surface area contributed by atoms with Crippen molar-refractivity contribution in [2.24, 2.45) is 0 Å². The van der Waals surface area contributed by atoms with E-state index in [1.165, 1.54) is 18.2 Å². The minimum atomic E-state index is -0.708. The van der Waals surface area contributed by atoms with E-state index in [0.29, 0.717) is 0 Å². The lowest BCUT2D eigenvalue weighted by atomic mass is 10.1. The maximum absolute atomic E-state index is 13.0. The number of carbonyl (C=O) groups is 2. The lowest BCUT2D eigenvalue weighted by molar-refractivity contribution is -0.149. The summed E-state index contributed by atoms with van der Waals surface area (Å²) in [6, 6.07) is 11.2. The maximum atomic E-state index is 13.0. The van der Waals surface area contributed by atoms with Crippen molar-refractivity contribution in [3.8, 4) is 5.75 Å². The number of aryl methyl sites for hydroxylation is 2. The average molecular weight is 345 g/mol. The van der Waals surface area contributed by atoms with Gasteiger partial charge in [-0.3, -0.25) is 4.79 Å². The van der Waals surface area contributed by atoms with E-state index in [-0.39, 0.29) is 5.75 Å². The van der Waals surface area contributed by atoms with Crippen molar-refractivity contribution in [2.75, 3.05) is 18.5 Å². The summed E-state index contributed by atoms with van der Waals surface area (Å²) in [7, 11) is 0. The van der Waals surface area contributed by atoms with Crippen LogP contribution in [0.5, 0.6) is 5.75 Å². The Morgan fingerprint density at radius 1 is 1.12 bits per heavy atom. The maximum Gasteiger partial charge on any atom is 0.344 e. The van der Waals surface area contributed by atoms with Crippen LogP contribution < -0.4 is 10.1 Å². The van der Waals surface area contributed by atoms with Crippen molar-refractivity contribution in [3.05, 3.63) is 59.4 Å². The summed E-state index contributed by atoms with van der Waals surface area (Å²) in [6.45, 7) is 3.08. The van der Waals surface area contributed by atoms with Gasteiger partial charge in [-0.1, -0.05) is 31.2 Å². The summed E-state index contributed by atoms with van der Waals surface area (Å²) in [5, 5.41) is 2.76. The van der Waals surface area contributed by atoms with Gasteiger partial charge in [0.2, 0.25) is 0 Å². The first-order valence-electron chi connectivity index (χ1n) is 7.92. The zero-order valence-corrected chi connectivity index (χ0v) is 14.2. The molecule has 0 aliphatic heterocycles. The lowest BCUT2D eigenvalue weighted by Gasteiger charge is -2.13. The third-order valence-corrected chi connectivity index (χ3v) is 3.52. The van der Waals surface area contributed by atoms with Gasteiger partial charge in [0, 0.05) is 11.8 Å². The second kappa shape index (κ2) is 8.82. The van der Waals surface area contributed by atoms with Crippen molar-refractivity contribution in [2.45, 2.75) is 20.3 Å². The summed E-state index contributed by atoms with van der Waals surface area (Å²) >= 11 is 0. The van der Waals surface area contributed by atoms with Gasteiger partial charge in [0.05, 0.1) is 0 Å². The van der Waals surface area contributed by atoms with E-state index in [1.54, 1.807) is 0 Å². The number of ether oxygens (including phenoxy) is 2. The summed E-state index contributed by atoms with van der Waals surface area (Å²) in [5.74, 6) is -1.38. The van der Waals surface area contributed by atoms with Crippen LogP contribution in [0.1, 0.15) is 18.1 Å². The van der Waals surface area contributed by atoms with Gasteiger partial charge >= 0.3 is 5.97 Å². The molecule has 1 amide bonds. The highest BCUT2D eigenvalue weighted by Crippen LogP contribution is 2.20. The standard InChI is InChI=1S/C19H20FNO4/c1-3-14-7-4-6-13(2)19(14)21-17(22)11-25-18(23)12-24-16-9-5-8-15(20)10-16/h4-10H,3,11-12H2,1-2H3,(H,21,22). The molecule has 0 aliphatic rings. The number of esters is 1. The highest BCUT2D eigenvalue weighted by Gasteiger charge is 2.12. The van der Waals surface area contributed by atoms with Crippen LogP contribution in [0.3, 0.4) is 0 Å². The highest BCUT2D eigenvalue weighted by molar-refractivity contribution is 5.94. The Bertz CT molecular complexity index is 761. The number of hydrogen-bond acceptors (Lipinski definition) is 4. The SMILES string of the molecule is CCc1cccc(C)c1NC(=O)COC(=O)COc1cccc(F)c1. The number of carbonyl (C=O) groups excluding carboxylic acids is 2. The number of halogens is 1. The molecule has 0 aromatic heterocycles. The molecule has 0 radical (unpaired) electrons. The number of para-hydroxylation sites is 1. The number of rotatable bonds is 7. The molecular formula is C19H20FNO4. The van der Waals surface area contributed by atoms with E-state index in [2.05, 4.69) is 5.32 Å². The Kier molecular flexibility index (Phi) is 6.51. The third kappa shape index (κ3) is 5.60. The van der Waals surface area contributed by atoms with Crippen LogP contribution in [0.25, 0.3) is 0 Å². The minimum Gasteiger partial charge on any atom is -0.482 e. The fraction of sp³-hybridized carbons (Fsp3) is 0.263. The van der Waals surface area contributed by atoms with Crippen molar-refractivity contribution < 1.29 is 23.5 Å². The molecule has 2 aromatic rings. The Labute approximate surface area is 145 Å². The molecule has 2 aromatic carbocycles. The van der Waals surface area contributed by atoms with Gasteiger partial charge in [0.15, 0.2) is 13.2 Å². The zero-order valence-electron chi connectivity index (χ0n) is 14.2. The molecule has 0 saturated carbocycles. The fourth-order valence-corrected chi connectivity index (χ4v) is 2.26. The molecule has 0 fully saturated rings. The first-order valence-corrected chi connectivity index (χ1v) is 7.92. The van der Waals surface area contributed by atoms with E-state index in [1.807, 2.05) is 32.0 Å². The Hall–Kier alpha value is -2.89. The Balaban J connectivity index is 1.81. The van der Waals surface area contributed by atoms with Gasteiger partial charge in [-0.25, -0.2) is 9.18 Å². The molecule has 132 valence electrons. The molecule has 0 heterocycles. The first kappa shape index (κ1) is 18.4. The van der Waals surface area contributed by atoms with Gasteiger partial charge in [-0.05, 0) is 36.6 Å². The number of anilines is 1. The van der Waals surface area contributed by atoms with E-state index >= 15 is 0 Å².